The van der Waals surface area contributed by atoms with Crippen LogP contribution in [-0.2, 0) is 0 Å². The Morgan fingerprint density at radius 1 is 1.10 bits per heavy atom. The van der Waals surface area contributed by atoms with E-state index in [1.54, 1.807) is 0 Å². The highest BCUT2D eigenvalue weighted by atomic mass is 19.1. The number of benzene rings is 1. The first-order valence-electron chi connectivity index (χ1n) is 7.85. The van der Waals surface area contributed by atoms with Crippen molar-refractivity contribution in [1.82, 2.24) is 0 Å². The van der Waals surface area contributed by atoms with E-state index in [0.29, 0.717) is 18.1 Å². The van der Waals surface area contributed by atoms with Gasteiger partial charge >= 0.3 is 0 Å². The molecule has 0 bridgehead atoms. The van der Waals surface area contributed by atoms with Crippen LogP contribution in [0.4, 0.5) is 13.2 Å². The van der Waals surface area contributed by atoms with Gasteiger partial charge < -0.3 is 5.11 Å². The monoisotopic (exact) mass is 300 g/mol. The van der Waals surface area contributed by atoms with Crippen LogP contribution < -0.4 is 0 Å². The Morgan fingerprint density at radius 2 is 1.67 bits per heavy atom. The average molecular weight is 300 g/mol. The number of hydrogen-bond acceptors (Lipinski definition) is 1. The molecule has 0 aliphatic heterocycles. The maximum Gasteiger partial charge on any atom is 0.134 e. The number of hydrogen-bond donors (Lipinski definition) is 1. The Labute approximate surface area is 124 Å². The summed E-state index contributed by atoms with van der Waals surface area (Å²) in [6.45, 7) is 2.16. The van der Waals surface area contributed by atoms with Crippen molar-refractivity contribution in [1.29, 1.82) is 0 Å². The van der Waals surface area contributed by atoms with Gasteiger partial charge in [0.15, 0.2) is 0 Å². The summed E-state index contributed by atoms with van der Waals surface area (Å²) in [6, 6.07) is 1.27. The summed E-state index contributed by atoms with van der Waals surface area (Å²) in [5, 5.41) is 10.3. The topological polar surface area (TPSA) is 20.2 Å². The third kappa shape index (κ3) is 4.00. The van der Waals surface area contributed by atoms with E-state index in [1.165, 1.54) is 19.3 Å². The van der Waals surface area contributed by atoms with Gasteiger partial charge in [0, 0.05) is 12.1 Å². The highest BCUT2D eigenvalue weighted by molar-refractivity contribution is 5.23. The van der Waals surface area contributed by atoms with E-state index in [9.17, 15) is 18.3 Å². The lowest BCUT2D eigenvalue weighted by atomic mass is 9.76. The zero-order chi connectivity index (χ0) is 15.4. The van der Waals surface area contributed by atoms with Gasteiger partial charge in [-0.25, -0.2) is 13.2 Å². The molecule has 1 aromatic carbocycles. The lowest BCUT2D eigenvalue weighted by molar-refractivity contribution is 0.0660. The first-order valence-corrected chi connectivity index (χ1v) is 7.85. The summed E-state index contributed by atoms with van der Waals surface area (Å²) in [5.74, 6) is -2.42. The fourth-order valence-corrected chi connectivity index (χ4v) is 3.36. The molecular formula is C17H23F3O. The zero-order valence-corrected chi connectivity index (χ0v) is 12.4. The van der Waals surface area contributed by atoms with Gasteiger partial charge in [-0.2, -0.15) is 0 Å². The van der Waals surface area contributed by atoms with Crippen molar-refractivity contribution >= 4 is 0 Å². The van der Waals surface area contributed by atoms with Gasteiger partial charge in [-0.15, -0.1) is 0 Å². The first-order chi connectivity index (χ1) is 10.0. The Balaban J connectivity index is 2.00. The normalized spacial score (nSPS) is 24.0. The molecule has 1 saturated carbocycles. The molecule has 21 heavy (non-hydrogen) atoms. The SMILES string of the molecule is CCCCC1CCC(C(O)c2c(F)cc(F)cc2F)CC1. The van der Waals surface area contributed by atoms with E-state index in [1.807, 2.05) is 0 Å². The summed E-state index contributed by atoms with van der Waals surface area (Å²) in [7, 11) is 0. The molecule has 1 unspecified atom stereocenters. The second-order valence-electron chi connectivity index (χ2n) is 6.15. The molecule has 2 rings (SSSR count). The van der Waals surface area contributed by atoms with Gasteiger partial charge in [-0.05, 0) is 24.7 Å². The minimum atomic E-state index is -1.18. The summed E-state index contributed by atoms with van der Waals surface area (Å²) in [6.07, 6.45) is 5.92. The Morgan fingerprint density at radius 3 is 2.19 bits per heavy atom. The summed E-state index contributed by atoms with van der Waals surface area (Å²) in [4.78, 5) is 0. The molecule has 1 fully saturated rings. The van der Waals surface area contributed by atoms with Gasteiger partial charge in [0.05, 0.1) is 11.7 Å². The van der Waals surface area contributed by atoms with Gasteiger partial charge in [-0.3, -0.25) is 0 Å². The quantitative estimate of drug-likeness (QED) is 0.799. The predicted molar refractivity (Wildman–Crippen MR) is 76.2 cm³/mol. The molecule has 0 spiro atoms. The van der Waals surface area contributed by atoms with E-state index in [-0.39, 0.29) is 11.5 Å². The molecule has 4 heteroatoms. The maximum absolute atomic E-state index is 13.7. The number of halogens is 3. The first kappa shape index (κ1) is 16.3. The molecule has 1 atom stereocenters. The molecule has 1 aliphatic rings. The van der Waals surface area contributed by atoms with Crippen LogP contribution in [0.2, 0.25) is 0 Å². The van der Waals surface area contributed by atoms with Crippen molar-refractivity contribution in [2.24, 2.45) is 11.8 Å². The minimum Gasteiger partial charge on any atom is -0.388 e. The molecule has 0 amide bonds. The van der Waals surface area contributed by atoms with Crippen LogP contribution in [-0.4, -0.2) is 5.11 Å². The van der Waals surface area contributed by atoms with E-state index in [4.69, 9.17) is 0 Å². The molecule has 1 aliphatic carbocycles. The van der Waals surface area contributed by atoms with Crippen molar-refractivity contribution in [2.45, 2.75) is 58.0 Å². The van der Waals surface area contributed by atoms with E-state index in [2.05, 4.69) is 6.92 Å². The molecule has 1 nitrogen and oxygen atoms in total. The van der Waals surface area contributed by atoms with Gasteiger partial charge in [0.2, 0.25) is 0 Å². The van der Waals surface area contributed by atoms with E-state index >= 15 is 0 Å². The second-order valence-corrected chi connectivity index (χ2v) is 6.15. The Hall–Kier alpha value is -1.03. The van der Waals surface area contributed by atoms with Crippen LogP contribution in [0.5, 0.6) is 0 Å². The molecule has 0 aromatic heterocycles. The van der Waals surface area contributed by atoms with Crippen LogP contribution in [0, 0.1) is 29.3 Å². The van der Waals surface area contributed by atoms with Gasteiger partial charge in [0.25, 0.3) is 0 Å². The lowest BCUT2D eigenvalue weighted by Crippen LogP contribution is -2.22. The number of aliphatic hydroxyl groups excluding tert-OH is 1. The summed E-state index contributed by atoms with van der Waals surface area (Å²) >= 11 is 0. The van der Waals surface area contributed by atoms with Crippen molar-refractivity contribution in [3.8, 4) is 0 Å². The second kappa shape index (κ2) is 7.30. The van der Waals surface area contributed by atoms with Crippen molar-refractivity contribution < 1.29 is 18.3 Å². The van der Waals surface area contributed by atoms with Crippen molar-refractivity contribution in [3.05, 3.63) is 35.1 Å². The van der Waals surface area contributed by atoms with Gasteiger partial charge in [0.1, 0.15) is 17.5 Å². The van der Waals surface area contributed by atoms with Crippen molar-refractivity contribution in [3.63, 3.8) is 0 Å². The molecular weight excluding hydrogens is 277 g/mol. The lowest BCUT2D eigenvalue weighted by Gasteiger charge is -2.32. The highest BCUT2D eigenvalue weighted by Crippen LogP contribution is 2.39. The largest absolute Gasteiger partial charge is 0.388 e. The smallest absolute Gasteiger partial charge is 0.134 e. The summed E-state index contributed by atoms with van der Waals surface area (Å²) < 4.78 is 40.4. The highest BCUT2D eigenvalue weighted by Gasteiger charge is 2.30. The molecule has 0 heterocycles. The van der Waals surface area contributed by atoms with Crippen LogP contribution in [0.25, 0.3) is 0 Å². The molecule has 0 radical (unpaired) electrons. The Bertz CT molecular complexity index is 444. The maximum atomic E-state index is 13.7. The van der Waals surface area contributed by atoms with E-state index in [0.717, 1.165) is 25.7 Å². The molecule has 1 N–H and O–H groups in total. The zero-order valence-electron chi connectivity index (χ0n) is 12.4. The van der Waals surface area contributed by atoms with Crippen LogP contribution in [0.15, 0.2) is 12.1 Å². The fraction of sp³-hybridized carbons (Fsp3) is 0.647. The number of unbranched alkanes of at least 4 members (excludes halogenated alkanes) is 1. The average Bonchev–Trinajstić information content (AvgIpc) is 2.44. The standard InChI is InChI=1S/C17H23F3O/c1-2-3-4-11-5-7-12(8-6-11)17(21)16-14(19)9-13(18)10-15(16)20/h9-12,17,21H,2-8H2,1H3. The van der Waals surface area contributed by atoms with Crippen molar-refractivity contribution in [2.75, 3.05) is 0 Å². The molecule has 0 saturated heterocycles. The third-order valence-electron chi connectivity index (χ3n) is 4.64. The van der Waals surface area contributed by atoms with Crippen LogP contribution in [0.3, 0.4) is 0 Å². The summed E-state index contributed by atoms with van der Waals surface area (Å²) in [5.41, 5.74) is -0.381. The van der Waals surface area contributed by atoms with Crippen LogP contribution in [0.1, 0.15) is 63.5 Å². The molecule has 118 valence electrons. The third-order valence-corrected chi connectivity index (χ3v) is 4.64. The fourth-order valence-electron chi connectivity index (χ4n) is 3.36. The van der Waals surface area contributed by atoms with Gasteiger partial charge in [-0.1, -0.05) is 39.0 Å². The van der Waals surface area contributed by atoms with Crippen LogP contribution >= 0.6 is 0 Å². The van der Waals surface area contributed by atoms with E-state index < -0.39 is 23.6 Å². The predicted octanol–water partition coefficient (Wildman–Crippen LogP) is 5.13. The Kier molecular flexibility index (Phi) is 5.68. The molecule has 1 aromatic rings. The number of rotatable bonds is 5. The number of aliphatic hydroxyl groups is 1. The minimum absolute atomic E-state index is 0.141.